The number of anilines is 1. The fourth-order valence-corrected chi connectivity index (χ4v) is 1.40. The Kier molecular flexibility index (Phi) is 4.84. The van der Waals surface area contributed by atoms with Crippen LogP contribution in [0.25, 0.3) is 0 Å². The maximum absolute atomic E-state index is 13.0. The van der Waals surface area contributed by atoms with E-state index in [4.69, 9.17) is 18.0 Å². The summed E-state index contributed by atoms with van der Waals surface area (Å²) in [6.45, 7) is 2.51. The first kappa shape index (κ1) is 13.4. The number of rotatable bonds is 4. The Morgan fingerprint density at radius 1 is 1.53 bits per heavy atom. The summed E-state index contributed by atoms with van der Waals surface area (Å²) in [6.07, 6.45) is 0.832. The molecule has 0 aliphatic rings. The number of urea groups is 1. The third-order valence-electron chi connectivity index (χ3n) is 2.03. The molecule has 1 aromatic carbocycles. The van der Waals surface area contributed by atoms with Gasteiger partial charge in [-0.1, -0.05) is 19.1 Å². The Hall–Kier alpha value is -1.69. The van der Waals surface area contributed by atoms with Gasteiger partial charge in [-0.25, -0.2) is 9.18 Å². The minimum Gasteiger partial charge on any atom is -0.389 e. The van der Waals surface area contributed by atoms with Gasteiger partial charge in [-0.05, 0) is 24.6 Å². The van der Waals surface area contributed by atoms with E-state index >= 15 is 0 Å². The van der Waals surface area contributed by atoms with E-state index in [1.807, 2.05) is 6.92 Å². The van der Waals surface area contributed by atoms with Crippen LogP contribution in [0.2, 0.25) is 0 Å². The van der Waals surface area contributed by atoms with Crippen LogP contribution < -0.4 is 16.4 Å². The standard InChI is InChI=1S/C11H14FN3OS/c1-2-5-14-11(16)15-9-4-3-7(12)6-8(9)10(13)17/h3-4,6H,2,5H2,1H3,(H2,13,17)(H2,14,15,16). The second-order valence-corrected chi connectivity index (χ2v) is 3.87. The summed E-state index contributed by atoms with van der Waals surface area (Å²) >= 11 is 4.79. The highest BCUT2D eigenvalue weighted by molar-refractivity contribution is 7.80. The molecule has 0 heterocycles. The van der Waals surface area contributed by atoms with E-state index in [0.717, 1.165) is 6.42 Å². The quantitative estimate of drug-likeness (QED) is 0.721. The minimum absolute atomic E-state index is 0.0373. The molecule has 0 spiro atoms. The van der Waals surface area contributed by atoms with Gasteiger partial charge < -0.3 is 16.4 Å². The van der Waals surface area contributed by atoms with Gasteiger partial charge in [0.2, 0.25) is 0 Å². The average Bonchev–Trinajstić information content (AvgIpc) is 2.28. The zero-order chi connectivity index (χ0) is 12.8. The van der Waals surface area contributed by atoms with Gasteiger partial charge in [-0.3, -0.25) is 0 Å². The maximum atomic E-state index is 13.0. The number of hydrogen-bond acceptors (Lipinski definition) is 2. The van der Waals surface area contributed by atoms with E-state index in [0.29, 0.717) is 17.8 Å². The molecule has 0 radical (unpaired) electrons. The molecule has 1 aromatic rings. The van der Waals surface area contributed by atoms with Gasteiger partial charge in [0.15, 0.2) is 0 Å². The molecule has 0 unspecified atom stereocenters. The van der Waals surface area contributed by atoms with Crippen molar-refractivity contribution in [1.82, 2.24) is 5.32 Å². The topological polar surface area (TPSA) is 67.2 Å². The van der Waals surface area contributed by atoms with Crippen LogP contribution in [0.3, 0.4) is 0 Å². The maximum Gasteiger partial charge on any atom is 0.319 e. The monoisotopic (exact) mass is 255 g/mol. The molecular weight excluding hydrogens is 241 g/mol. The molecule has 0 fully saturated rings. The molecule has 1 rings (SSSR count). The van der Waals surface area contributed by atoms with E-state index in [2.05, 4.69) is 10.6 Å². The summed E-state index contributed by atoms with van der Waals surface area (Å²) in [7, 11) is 0. The number of benzene rings is 1. The molecule has 0 aromatic heterocycles. The van der Waals surface area contributed by atoms with E-state index in [9.17, 15) is 9.18 Å². The minimum atomic E-state index is -0.452. The summed E-state index contributed by atoms with van der Waals surface area (Å²) < 4.78 is 13.0. The predicted octanol–water partition coefficient (Wildman–Crippen LogP) is 1.99. The zero-order valence-electron chi connectivity index (χ0n) is 9.42. The van der Waals surface area contributed by atoms with Crippen molar-refractivity contribution in [2.75, 3.05) is 11.9 Å². The van der Waals surface area contributed by atoms with Crippen LogP contribution in [0.5, 0.6) is 0 Å². The second-order valence-electron chi connectivity index (χ2n) is 3.44. The molecule has 0 saturated carbocycles. The molecule has 0 atom stereocenters. The molecule has 0 bridgehead atoms. The highest BCUT2D eigenvalue weighted by Crippen LogP contribution is 2.16. The van der Waals surface area contributed by atoms with Gasteiger partial charge >= 0.3 is 6.03 Å². The van der Waals surface area contributed by atoms with Gasteiger partial charge in [-0.2, -0.15) is 0 Å². The molecule has 92 valence electrons. The highest BCUT2D eigenvalue weighted by Gasteiger charge is 2.09. The lowest BCUT2D eigenvalue weighted by molar-refractivity contribution is 0.252. The number of nitrogens with two attached hydrogens (primary N) is 1. The number of thiocarbonyl (C=S) groups is 1. The predicted molar refractivity (Wildman–Crippen MR) is 69.6 cm³/mol. The van der Waals surface area contributed by atoms with Crippen LogP contribution in [0, 0.1) is 5.82 Å². The third kappa shape index (κ3) is 3.99. The number of amides is 2. The molecule has 6 heteroatoms. The van der Waals surface area contributed by atoms with E-state index < -0.39 is 5.82 Å². The van der Waals surface area contributed by atoms with Crippen molar-refractivity contribution in [1.29, 1.82) is 0 Å². The van der Waals surface area contributed by atoms with Crippen LogP contribution >= 0.6 is 12.2 Å². The lowest BCUT2D eigenvalue weighted by atomic mass is 10.1. The number of hydrogen-bond donors (Lipinski definition) is 3. The summed E-state index contributed by atoms with van der Waals surface area (Å²) in [5, 5.41) is 5.20. The van der Waals surface area contributed by atoms with Crippen molar-refractivity contribution < 1.29 is 9.18 Å². The Morgan fingerprint density at radius 3 is 2.82 bits per heavy atom. The fourth-order valence-electron chi connectivity index (χ4n) is 1.23. The molecule has 17 heavy (non-hydrogen) atoms. The van der Waals surface area contributed by atoms with E-state index in [1.165, 1.54) is 18.2 Å². The first-order valence-corrected chi connectivity index (χ1v) is 5.59. The lowest BCUT2D eigenvalue weighted by Crippen LogP contribution is -2.30. The molecule has 2 amide bonds. The van der Waals surface area contributed by atoms with Crippen molar-refractivity contribution in [2.24, 2.45) is 5.73 Å². The van der Waals surface area contributed by atoms with Gasteiger partial charge in [0.25, 0.3) is 0 Å². The van der Waals surface area contributed by atoms with Crippen LogP contribution in [0.4, 0.5) is 14.9 Å². The lowest BCUT2D eigenvalue weighted by Gasteiger charge is -2.10. The smallest absolute Gasteiger partial charge is 0.319 e. The van der Waals surface area contributed by atoms with Crippen molar-refractivity contribution >= 4 is 28.9 Å². The molecule has 4 N–H and O–H groups in total. The van der Waals surface area contributed by atoms with Crippen LogP contribution in [-0.2, 0) is 0 Å². The first-order chi connectivity index (χ1) is 8.04. The number of halogens is 1. The van der Waals surface area contributed by atoms with Crippen LogP contribution in [0.1, 0.15) is 18.9 Å². The number of carbonyl (C=O) groups is 1. The normalized spacial score (nSPS) is 9.76. The molecule has 0 aliphatic heterocycles. The Labute approximate surface area is 104 Å². The summed E-state index contributed by atoms with van der Waals surface area (Å²) in [4.78, 5) is 11.5. The Bertz CT molecular complexity index is 437. The fraction of sp³-hybridized carbons (Fsp3) is 0.273. The SMILES string of the molecule is CCCNC(=O)Nc1ccc(F)cc1C(N)=S. The Morgan fingerprint density at radius 2 is 2.24 bits per heavy atom. The van der Waals surface area contributed by atoms with Gasteiger partial charge in [-0.15, -0.1) is 0 Å². The largest absolute Gasteiger partial charge is 0.389 e. The van der Waals surface area contributed by atoms with Crippen molar-refractivity contribution in [3.8, 4) is 0 Å². The summed E-state index contributed by atoms with van der Waals surface area (Å²) in [6, 6.07) is 3.49. The number of carbonyl (C=O) groups excluding carboxylic acids is 1. The van der Waals surface area contributed by atoms with Gasteiger partial charge in [0, 0.05) is 12.1 Å². The average molecular weight is 255 g/mol. The first-order valence-electron chi connectivity index (χ1n) is 5.18. The van der Waals surface area contributed by atoms with Crippen LogP contribution in [-0.4, -0.2) is 17.6 Å². The van der Waals surface area contributed by atoms with E-state index in [-0.39, 0.29) is 11.0 Å². The Balaban J connectivity index is 2.83. The third-order valence-corrected chi connectivity index (χ3v) is 2.25. The van der Waals surface area contributed by atoms with Crippen LogP contribution in [0.15, 0.2) is 18.2 Å². The molecule has 0 aliphatic carbocycles. The van der Waals surface area contributed by atoms with Crippen molar-refractivity contribution in [2.45, 2.75) is 13.3 Å². The van der Waals surface area contributed by atoms with Crippen molar-refractivity contribution in [3.63, 3.8) is 0 Å². The highest BCUT2D eigenvalue weighted by atomic mass is 32.1. The number of nitrogens with one attached hydrogen (secondary N) is 2. The molecule has 4 nitrogen and oxygen atoms in total. The molecular formula is C11H14FN3OS. The van der Waals surface area contributed by atoms with Crippen molar-refractivity contribution in [3.05, 3.63) is 29.6 Å². The van der Waals surface area contributed by atoms with Gasteiger partial charge in [0.05, 0.1) is 5.69 Å². The summed E-state index contributed by atoms with van der Waals surface area (Å²) in [5.74, 6) is -0.452. The second kappa shape index (κ2) is 6.15. The van der Waals surface area contributed by atoms with E-state index in [1.54, 1.807) is 0 Å². The molecule has 0 saturated heterocycles. The van der Waals surface area contributed by atoms with Gasteiger partial charge in [0.1, 0.15) is 10.8 Å². The zero-order valence-corrected chi connectivity index (χ0v) is 10.2. The summed E-state index contributed by atoms with van der Waals surface area (Å²) in [5.41, 5.74) is 6.16.